The first kappa shape index (κ1) is 9.90. The summed E-state index contributed by atoms with van der Waals surface area (Å²) in [4.78, 5) is 15.2. The summed E-state index contributed by atoms with van der Waals surface area (Å²) in [6.45, 7) is 1.89. The molecule has 1 aromatic carbocycles. The predicted octanol–water partition coefficient (Wildman–Crippen LogP) is 2.09. The smallest absolute Gasteiger partial charge is 0.329 e. The lowest BCUT2D eigenvalue weighted by molar-refractivity contribution is -0.138. The maximum Gasteiger partial charge on any atom is 0.329 e. The average molecular weight is 203 g/mol. The molecule has 0 fully saturated rings. The van der Waals surface area contributed by atoms with Crippen LogP contribution in [0.2, 0.25) is 0 Å². The molecule has 0 aromatic heterocycles. The highest BCUT2D eigenvalue weighted by molar-refractivity contribution is 5.90. The Bertz CT molecular complexity index is 397. The van der Waals surface area contributed by atoms with Crippen LogP contribution in [0.5, 0.6) is 0 Å². The quantitative estimate of drug-likeness (QED) is 0.800. The van der Waals surface area contributed by atoms with Crippen molar-refractivity contribution in [2.24, 2.45) is 4.99 Å². The molecule has 3 heteroatoms. The summed E-state index contributed by atoms with van der Waals surface area (Å²) in [5.74, 6) is -0.829. The summed E-state index contributed by atoms with van der Waals surface area (Å²) in [5, 5.41) is 9.06. The molecule has 1 aliphatic heterocycles. The lowest BCUT2D eigenvalue weighted by Gasteiger charge is -2.14. The second-order valence-corrected chi connectivity index (χ2v) is 3.87. The topological polar surface area (TPSA) is 49.7 Å². The second kappa shape index (κ2) is 3.85. The minimum atomic E-state index is -0.833. The monoisotopic (exact) mass is 203 g/mol. The van der Waals surface area contributed by atoms with Gasteiger partial charge in [-0.2, -0.15) is 0 Å². The zero-order chi connectivity index (χ0) is 10.8. The van der Waals surface area contributed by atoms with Crippen LogP contribution in [0.25, 0.3) is 0 Å². The Morgan fingerprint density at radius 3 is 2.67 bits per heavy atom. The van der Waals surface area contributed by atoms with E-state index in [4.69, 9.17) is 5.11 Å². The summed E-state index contributed by atoms with van der Waals surface area (Å²) in [5.41, 5.74) is 1.99. The Labute approximate surface area is 88.5 Å². The van der Waals surface area contributed by atoms with Crippen molar-refractivity contribution in [3.05, 3.63) is 35.9 Å². The molecule has 0 radical (unpaired) electrons. The van der Waals surface area contributed by atoms with Gasteiger partial charge in [0.2, 0.25) is 0 Å². The number of aliphatic carboxylic acids is 1. The Kier molecular flexibility index (Phi) is 2.54. The number of carboxylic acids is 1. The molecule has 1 heterocycles. The maximum atomic E-state index is 11.0. The third-order valence-corrected chi connectivity index (χ3v) is 2.74. The van der Waals surface area contributed by atoms with Crippen LogP contribution in [0, 0.1) is 0 Å². The van der Waals surface area contributed by atoms with Gasteiger partial charge in [-0.15, -0.1) is 0 Å². The van der Waals surface area contributed by atoms with Crippen molar-refractivity contribution in [2.45, 2.75) is 25.3 Å². The fourth-order valence-electron chi connectivity index (χ4n) is 2.04. The lowest BCUT2D eigenvalue weighted by Crippen LogP contribution is -2.22. The molecule has 3 nitrogen and oxygen atoms in total. The lowest BCUT2D eigenvalue weighted by atomic mass is 9.90. The number of benzene rings is 1. The minimum Gasteiger partial charge on any atom is -0.480 e. The van der Waals surface area contributed by atoms with Gasteiger partial charge in [0.05, 0.1) is 0 Å². The van der Waals surface area contributed by atoms with Crippen LogP contribution in [0.3, 0.4) is 0 Å². The second-order valence-electron chi connectivity index (χ2n) is 3.87. The molecule has 1 N–H and O–H groups in total. The third-order valence-electron chi connectivity index (χ3n) is 2.74. The molecular formula is C12H13NO2. The van der Waals surface area contributed by atoms with Crippen LogP contribution in [0.1, 0.15) is 24.8 Å². The van der Waals surface area contributed by atoms with Crippen molar-refractivity contribution < 1.29 is 9.90 Å². The van der Waals surface area contributed by atoms with E-state index < -0.39 is 12.0 Å². The van der Waals surface area contributed by atoms with Gasteiger partial charge < -0.3 is 5.11 Å². The zero-order valence-corrected chi connectivity index (χ0v) is 8.55. The Hall–Kier alpha value is -1.64. The van der Waals surface area contributed by atoms with Crippen LogP contribution in [-0.2, 0) is 4.79 Å². The molecule has 0 aliphatic carbocycles. The van der Waals surface area contributed by atoms with Crippen LogP contribution in [0.4, 0.5) is 0 Å². The summed E-state index contributed by atoms with van der Waals surface area (Å²) in [7, 11) is 0. The van der Waals surface area contributed by atoms with Gasteiger partial charge in [0, 0.05) is 11.6 Å². The summed E-state index contributed by atoms with van der Waals surface area (Å²) in [6, 6.07) is 9.13. The van der Waals surface area contributed by atoms with E-state index >= 15 is 0 Å². The number of hydrogen-bond acceptors (Lipinski definition) is 2. The maximum absolute atomic E-state index is 11.0. The van der Waals surface area contributed by atoms with Crippen molar-refractivity contribution >= 4 is 11.7 Å². The molecule has 0 bridgehead atoms. The first-order valence-corrected chi connectivity index (χ1v) is 4.99. The number of aliphatic imine (C=N–C) groups is 1. The molecular weight excluding hydrogens is 190 g/mol. The molecule has 0 spiro atoms. The van der Waals surface area contributed by atoms with Crippen LogP contribution < -0.4 is 0 Å². The highest BCUT2D eigenvalue weighted by Gasteiger charge is 2.33. The van der Waals surface area contributed by atoms with Crippen molar-refractivity contribution in [2.75, 3.05) is 0 Å². The normalized spacial score (nSPS) is 25.0. The van der Waals surface area contributed by atoms with E-state index in [0.29, 0.717) is 0 Å². The number of nitrogens with zero attached hydrogens (tertiary/aromatic N) is 1. The van der Waals surface area contributed by atoms with Gasteiger partial charge in [-0.3, -0.25) is 4.99 Å². The van der Waals surface area contributed by atoms with Crippen LogP contribution in [-0.4, -0.2) is 22.8 Å². The molecule has 2 rings (SSSR count). The molecule has 78 valence electrons. The van der Waals surface area contributed by atoms with Gasteiger partial charge in [0.25, 0.3) is 0 Å². The first-order valence-electron chi connectivity index (χ1n) is 4.99. The van der Waals surface area contributed by atoms with Gasteiger partial charge in [-0.05, 0) is 18.9 Å². The van der Waals surface area contributed by atoms with E-state index in [0.717, 1.165) is 17.7 Å². The van der Waals surface area contributed by atoms with Crippen molar-refractivity contribution in [3.8, 4) is 0 Å². The number of hydrogen-bond donors (Lipinski definition) is 1. The molecule has 1 aliphatic rings. The SMILES string of the molecule is CC1=N[C@H](C(=O)O)[C@H](c2ccccc2)C1. The highest BCUT2D eigenvalue weighted by Crippen LogP contribution is 2.31. The van der Waals surface area contributed by atoms with Gasteiger partial charge in [0.1, 0.15) is 0 Å². The Balaban J connectivity index is 2.28. The zero-order valence-electron chi connectivity index (χ0n) is 8.55. The Morgan fingerprint density at radius 2 is 2.07 bits per heavy atom. The molecule has 0 unspecified atom stereocenters. The van der Waals surface area contributed by atoms with E-state index in [1.165, 1.54) is 0 Å². The van der Waals surface area contributed by atoms with Gasteiger partial charge >= 0.3 is 5.97 Å². The summed E-state index contributed by atoms with van der Waals surface area (Å²) in [6.07, 6.45) is 0.751. The van der Waals surface area contributed by atoms with E-state index in [2.05, 4.69) is 4.99 Å². The van der Waals surface area contributed by atoms with Crippen molar-refractivity contribution in [3.63, 3.8) is 0 Å². The van der Waals surface area contributed by atoms with E-state index in [1.54, 1.807) is 0 Å². The minimum absolute atomic E-state index is 0.00343. The average Bonchev–Trinajstić information content (AvgIpc) is 2.62. The molecule has 0 saturated heterocycles. The van der Waals surface area contributed by atoms with E-state index in [9.17, 15) is 4.79 Å². The molecule has 0 amide bonds. The van der Waals surface area contributed by atoms with Gasteiger partial charge in [-0.1, -0.05) is 30.3 Å². The molecule has 15 heavy (non-hydrogen) atoms. The van der Waals surface area contributed by atoms with Gasteiger partial charge in [-0.25, -0.2) is 4.79 Å². The largest absolute Gasteiger partial charge is 0.480 e. The van der Waals surface area contributed by atoms with Crippen LogP contribution in [0.15, 0.2) is 35.3 Å². The number of carbonyl (C=O) groups is 1. The first-order chi connectivity index (χ1) is 7.18. The van der Waals surface area contributed by atoms with Crippen molar-refractivity contribution in [1.82, 2.24) is 0 Å². The molecule has 0 saturated carbocycles. The summed E-state index contributed by atoms with van der Waals surface area (Å²) < 4.78 is 0. The number of carboxylic acid groups (broad SMARTS) is 1. The van der Waals surface area contributed by atoms with Crippen LogP contribution >= 0.6 is 0 Å². The highest BCUT2D eigenvalue weighted by atomic mass is 16.4. The molecule has 1 aromatic rings. The predicted molar refractivity (Wildman–Crippen MR) is 58.3 cm³/mol. The molecule has 2 atom stereocenters. The standard InChI is InChI=1S/C12H13NO2/c1-8-7-10(11(13-8)12(14)15)9-5-3-2-4-6-9/h2-6,10-11H,7H2,1H3,(H,14,15)/t10-,11-/m0/s1. The van der Waals surface area contributed by atoms with Crippen molar-refractivity contribution in [1.29, 1.82) is 0 Å². The number of rotatable bonds is 2. The van der Waals surface area contributed by atoms with E-state index in [-0.39, 0.29) is 5.92 Å². The van der Waals surface area contributed by atoms with Gasteiger partial charge in [0.15, 0.2) is 6.04 Å². The van der Waals surface area contributed by atoms with E-state index in [1.807, 2.05) is 37.3 Å². The fraction of sp³-hybridized carbons (Fsp3) is 0.333. The summed E-state index contributed by atoms with van der Waals surface area (Å²) >= 11 is 0. The third kappa shape index (κ3) is 1.91. The Morgan fingerprint density at radius 1 is 1.40 bits per heavy atom. The fourth-order valence-corrected chi connectivity index (χ4v) is 2.04.